The maximum absolute atomic E-state index is 14.1. The van der Waals surface area contributed by atoms with E-state index >= 15 is 0 Å². The highest BCUT2D eigenvalue weighted by molar-refractivity contribution is 5.90. The van der Waals surface area contributed by atoms with Crippen LogP contribution in [0.5, 0.6) is 23.0 Å². The predicted molar refractivity (Wildman–Crippen MR) is 291 cm³/mol. The number of hydrogen-bond donors (Lipinski definition) is 16. The molecule has 5 fully saturated rings. The van der Waals surface area contributed by atoms with E-state index in [4.69, 9.17) is 66.3 Å². The Morgan fingerprint density at radius 3 is 1.44 bits per heavy atom. The molecular formula is C57H72O33. The average molecular weight is 1290 g/mol. The summed E-state index contributed by atoms with van der Waals surface area (Å²) in [5.74, 6) is -7.19. The molecule has 0 amide bonds. The van der Waals surface area contributed by atoms with Crippen molar-refractivity contribution in [2.24, 2.45) is 0 Å². The van der Waals surface area contributed by atoms with Gasteiger partial charge in [-0.1, -0.05) is 30.3 Å². The monoisotopic (exact) mass is 1280 g/mol. The molecule has 5 aliphatic rings. The zero-order chi connectivity index (χ0) is 65.3. The van der Waals surface area contributed by atoms with Crippen molar-refractivity contribution in [3.63, 3.8) is 0 Å². The van der Waals surface area contributed by atoms with Crippen LogP contribution in [0.2, 0.25) is 0 Å². The van der Waals surface area contributed by atoms with Gasteiger partial charge in [0.2, 0.25) is 5.79 Å². The summed E-state index contributed by atoms with van der Waals surface area (Å²) in [6, 6.07) is 15.0. The average Bonchev–Trinajstić information content (AvgIpc) is 1.48. The molecule has 5 aliphatic heterocycles. The number of carbonyl (C=O) groups is 3. The topological polar surface area (TPSA) is 504 Å². The first-order valence-corrected chi connectivity index (χ1v) is 27.9. The van der Waals surface area contributed by atoms with Gasteiger partial charge < -0.3 is 148 Å². The van der Waals surface area contributed by atoms with Crippen molar-refractivity contribution in [3.8, 4) is 23.0 Å². The maximum Gasteiger partial charge on any atom is 0.338 e. The fraction of sp³-hybridized carbons (Fsp3) is 0.561. The summed E-state index contributed by atoms with van der Waals surface area (Å²) in [5, 5.41) is 174. The van der Waals surface area contributed by atoms with Crippen molar-refractivity contribution in [1.82, 2.24) is 0 Å². The standard InChI is InChI=1S/C57H72O33/c1-77-29-16-24(8-12-27(29)63)10-14-36(65)79-23-57(51(40(69)33(20-60)89-57)88-52(76)26-6-4-3-5-7-26)90-56-50(87-54-45(74)42(71)39(68)32(19-59)81-54)49(48(35(22-62)83-56)84-37(66)15-11-25-9-13-28(64)30(17-25)78-2)86-55-46(75)43(72)47(34(21-61)82-55)85-53-44(73)41(70)38(67)31(18-58)80-53/h3-17,31-35,38-51,53-56,58-64,67-75H,18-23H2,1-2H3/b14-10+,15-11+/t31-,32-,33-,34-,35-,38-,39-,40-,41+,42+,43-,44-,45-,46-,47-,48-,49+,50-,51-,53+,54+,55-,56-,57+/m1/s1. The second-order valence-corrected chi connectivity index (χ2v) is 21.1. The van der Waals surface area contributed by atoms with Crippen LogP contribution in [-0.2, 0) is 66.4 Å². The number of aliphatic hydroxyl groups excluding tert-OH is 14. The Labute approximate surface area is 510 Å². The zero-order valence-corrected chi connectivity index (χ0v) is 47.8. The quantitative estimate of drug-likeness (QED) is 0.0225. The van der Waals surface area contributed by atoms with Crippen molar-refractivity contribution in [3.05, 3.63) is 95.6 Å². The molecular weight excluding hydrogens is 1210 g/mol. The third-order valence-electron chi connectivity index (χ3n) is 15.3. The van der Waals surface area contributed by atoms with Gasteiger partial charge in [0.15, 0.2) is 60.4 Å². The molecule has 24 atom stereocenters. The third kappa shape index (κ3) is 15.5. The van der Waals surface area contributed by atoms with Crippen molar-refractivity contribution in [1.29, 1.82) is 0 Å². The molecule has 0 radical (unpaired) electrons. The first kappa shape index (κ1) is 69.7. The molecule has 90 heavy (non-hydrogen) atoms. The lowest BCUT2D eigenvalue weighted by Gasteiger charge is -2.51. The van der Waals surface area contributed by atoms with E-state index in [-0.39, 0.29) is 39.7 Å². The minimum absolute atomic E-state index is 0.0170. The first-order chi connectivity index (χ1) is 43.0. The third-order valence-corrected chi connectivity index (χ3v) is 15.3. The molecule has 16 N–H and O–H groups in total. The van der Waals surface area contributed by atoms with Gasteiger partial charge in [-0.15, -0.1) is 0 Å². The molecule has 0 bridgehead atoms. The van der Waals surface area contributed by atoms with Crippen LogP contribution in [0.15, 0.2) is 78.9 Å². The zero-order valence-electron chi connectivity index (χ0n) is 47.8. The summed E-state index contributed by atoms with van der Waals surface area (Å²) in [6.45, 7) is -6.71. The summed E-state index contributed by atoms with van der Waals surface area (Å²) in [5.41, 5.74) is 0.381. The molecule has 33 heteroatoms. The van der Waals surface area contributed by atoms with E-state index in [1.807, 2.05) is 0 Å². The second kappa shape index (κ2) is 31.0. The van der Waals surface area contributed by atoms with Gasteiger partial charge in [-0.05, 0) is 59.7 Å². The Balaban J connectivity index is 1.24. The van der Waals surface area contributed by atoms with Crippen LogP contribution in [0.3, 0.4) is 0 Å². The minimum atomic E-state index is -2.97. The molecule has 0 unspecified atom stereocenters. The number of hydrogen-bond acceptors (Lipinski definition) is 33. The van der Waals surface area contributed by atoms with Crippen molar-refractivity contribution >= 4 is 30.1 Å². The van der Waals surface area contributed by atoms with Crippen LogP contribution in [0.4, 0.5) is 0 Å². The normalized spacial score (nSPS) is 37.2. The fourth-order valence-electron chi connectivity index (χ4n) is 10.4. The fourth-order valence-corrected chi connectivity index (χ4v) is 10.4. The number of carbonyl (C=O) groups excluding carboxylic acids is 3. The summed E-state index contributed by atoms with van der Waals surface area (Å²) in [7, 11) is 2.53. The van der Waals surface area contributed by atoms with Crippen LogP contribution in [0.25, 0.3) is 12.2 Å². The van der Waals surface area contributed by atoms with Crippen LogP contribution in [0, 0.1) is 0 Å². The molecule has 5 saturated heterocycles. The molecule has 0 spiro atoms. The van der Waals surface area contributed by atoms with Gasteiger partial charge in [-0.2, -0.15) is 0 Å². The highest BCUT2D eigenvalue weighted by Gasteiger charge is 2.64. The van der Waals surface area contributed by atoms with Crippen LogP contribution >= 0.6 is 0 Å². The van der Waals surface area contributed by atoms with E-state index < -0.39 is 204 Å². The van der Waals surface area contributed by atoms with Crippen molar-refractivity contribution < 1.29 is 162 Å². The smallest absolute Gasteiger partial charge is 0.338 e. The highest BCUT2D eigenvalue weighted by Crippen LogP contribution is 2.43. The lowest BCUT2D eigenvalue weighted by atomic mass is 9.95. The molecule has 33 nitrogen and oxygen atoms in total. The van der Waals surface area contributed by atoms with Crippen molar-refractivity contribution in [2.75, 3.05) is 53.9 Å². The van der Waals surface area contributed by atoms with E-state index in [2.05, 4.69) is 0 Å². The Kier molecular flexibility index (Phi) is 24.0. The van der Waals surface area contributed by atoms with Crippen LogP contribution < -0.4 is 9.47 Å². The Morgan fingerprint density at radius 1 is 0.478 bits per heavy atom. The van der Waals surface area contributed by atoms with Gasteiger partial charge in [0.25, 0.3) is 0 Å². The Hall–Kier alpha value is -6.17. The van der Waals surface area contributed by atoms with E-state index in [1.165, 1.54) is 87.0 Å². The molecule has 3 aromatic rings. The number of ether oxygens (including phenoxy) is 14. The molecule has 0 aromatic heterocycles. The first-order valence-electron chi connectivity index (χ1n) is 27.9. The van der Waals surface area contributed by atoms with Crippen LogP contribution in [-0.4, -0.2) is 300 Å². The molecule has 0 saturated carbocycles. The van der Waals surface area contributed by atoms with Gasteiger partial charge in [0.1, 0.15) is 110 Å². The van der Waals surface area contributed by atoms with E-state index in [1.54, 1.807) is 6.07 Å². The number of methoxy groups -OCH3 is 2. The number of phenols is 2. The van der Waals surface area contributed by atoms with Gasteiger partial charge in [-0.25, -0.2) is 14.4 Å². The van der Waals surface area contributed by atoms with E-state index in [0.29, 0.717) is 0 Å². The Bertz CT molecular complexity index is 2890. The van der Waals surface area contributed by atoms with Gasteiger partial charge >= 0.3 is 17.9 Å². The molecule has 3 aromatic carbocycles. The minimum Gasteiger partial charge on any atom is -0.504 e. The van der Waals surface area contributed by atoms with E-state index in [9.17, 15) is 96.1 Å². The SMILES string of the molecule is COc1cc(/C=C/C(=O)OC[C@@]2(O[C@H]3O[C@H](CO)[C@@H](OC(=O)/C=C/c4ccc(O)c(OC)c4)[C@H](O[C@H]4O[C@H](CO)[C@@H](O[C@@H]5O[C@H](CO)[C@@H](O)[C@H](O)[C@H]5O)[C@H](O)[C@H]4O)[C@H]3O[C@@H]3O[C@H](CO)[C@@H](O)[C@H](O)[C@H]3O)O[C@H](CO)[C@@H](O)[C@H]2OC(=O)c2ccccc2)ccc1O. The summed E-state index contributed by atoms with van der Waals surface area (Å²) < 4.78 is 82.2. The second-order valence-electron chi connectivity index (χ2n) is 21.1. The number of aromatic hydroxyl groups is 2. The van der Waals surface area contributed by atoms with Crippen molar-refractivity contribution in [2.45, 2.75) is 147 Å². The van der Waals surface area contributed by atoms with Gasteiger partial charge in [0, 0.05) is 12.2 Å². The molecule has 5 heterocycles. The summed E-state index contributed by atoms with van der Waals surface area (Å²) in [6.07, 6.45) is -44.5. The predicted octanol–water partition coefficient (Wildman–Crippen LogP) is -6.10. The number of rotatable bonds is 24. The van der Waals surface area contributed by atoms with Crippen LogP contribution in [0.1, 0.15) is 21.5 Å². The lowest BCUT2D eigenvalue weighted by molar-refractivity contribution is -0.423. The van der Waals surface area contributed by atoms with Gasteiger partial charge in [0.05, 0.1) is 52.8 Å². The maximum atomic E-state index is 14.1. The summed E-state index contributed by atoms with van der Waals surface area (Å²) in [4.78, 5) is 41.9. The van der Waals surface area contributed by atoms with E-state index in [0.717, 1.165) is 12.2 Å². The molecule has 0 aliphatic carbocycles. The Morgan fingerprint density at radius 2 is 0.933 bits per heavy atom. The number of esters is 3. The lowest BCUT2D eigenvalue weighted by Crippen LogP contribution is -2.69. The number of phenolic OH excluding ortho intramolecular Hbond substituents is 2. The largest absolute Gasteiger partial charge is 0.504 e. The molecule has 498 valence electrons. The summed E-state index contributed by atoms with van der Waals surface area (Å²) >= 11 is 0. The number of benzene rings is 3. The highest BCUT2D eigenvalue weighted by atomic mass is 16.8. The number of aliphatic hydroxyl groups is 14. The molecule has 8 rings (SSSR count). The van der Waals surface area contributed by atoms with Gasteiger partial charge in [-0.3, -0.25) is 0 Å².